The number of unbranched alkanes of at least 4 members (excludes halogenated alkanes) is 1. The van der Waals surface area contributed by atoms with Gasteiger partial charge in [0, 0.05) is 18.4 Å². The van der Waals surface area contributed by atoms with Crippen molar-refractivity contribution in [2.75, 3.05) is 7.05 Å². The van der Waals surface area contributed by atoms with E-state index >= 15 is 0 Å². The van der Waals surface area contributed by atoms with Gasteiger partial charge in [-0.25, -0.2) is 8.78 Å². The summed E-state index contributed by atoms with van der Waals surface area (Å²) < 4.78 is 27.7. The Bertz CT molecular complexity index is 255. The lowest BCUT2D eigenvalue weighted by Crippen LogP contribution is -2.50. The van der Waals surface area contributed by atoms with Crippen LogP contribution in [0.4, 0.5) is 8.78 Å². The van der Waals surface area contributed by atoms with Crippen LogP contribution in [0.1, 0.15) is 65.7 Å². The van der Waals surface area contributed by atoms with Crippen molar-refractivity contribution < 1.29 is 8.78 Å². The van der Waals surface area contributed by atoms with Gasteiger partial charge in [-0.05, 0) is 25.3 Å². The standard InChI is InChI=1S/C16H31F2N/c1-5-7-9-13(8-6-2)14-10-12(3)16(17,18)11-15(14)19-4/h12-15,19H,5-11H2,1-4H3. The largest absolute Gasteiger partial charge is 0.316 e. The summed E-state index contributed by atoms with van der Waals surface area (Å²) in [4.78, 5) is 0. The Labute approximate surface area is 117 Å². The van der Waals surface area contributed by atoms with Crippen molar-refractivity contribution in [1.82, 2.24) is 5.32 Å². The van der Waals surface area contributed by atoms with Crippen LogP contribution in [0, 0.1) is 17.8 Å². The minimum Gasteiger partial charge on any atom is -0.316 e. The minimum atomic E-state index is -2.49. The Balaban J connectivity index is 2.75. The Morgan fingerprint density at radius 3 is 2.42 bits per heavy atom. The molecule has 0 aliphatic heterocycles. The van der Waals surface area contributed by atoms with Crippen molar-refractivity contribution in [2.45, 2.75) is 77.7 Å². The summed E-state index contributed by atoms with van der Waals surface area (Å²) in [7, 11) is 1.84. The van der Waals surface area contributed by atoms with Gasteiger partial charge in [0.1, 0.15) is 0 Å². The summed E-state index contributed by atoms with van der Waals surface area (Å²) in [6.45, 7) is 6.13. The van der Waals surface area contributed by atoms with Crippen LogP contribution in [-0.4, -0.2) is 19.0 Å². The van der Waals surface area contributed by atoms with Crippen LogP contribution < -0.4 is 5.32 Å². The highest BCUT2D eigenvalue weighted by Gasteiger charge is 2.47. The molecule has 0 aromatic carbocycles. The molecule has 0 heterocycles. The lowest BCUT2D eigenvalue weighted by Gasteiger charge is -2.43. The SMILES string of the molecule is CCCCC(CCC)C1CC(C)C(F)(F)CC1NC. The molecular formula is C16H31F2N. The number of hydrogen-bond donors (Lipinski definition) is 1. The summed E-state index contributed by atoms with van der Waals surface area (Å²) in [6.07, 6.45) is 6.65. The maximum atomic E-state index is 13.9. The molecule has 19 heavy (non-hydrogen) atoms. The fourth-order valence-corrected chi connectivity index (χ4v) is 3.64. The van der Waals surface area contributed by atoms with Crippen LogP contribution >= 0.6 is 0 Å². The molecule has 1 saturated carbocycles. The molecule has 1 N–H and O–H groups in total. The average Bonchev–Trinajstić information content (AvgIpc) is 2.37. The maximum absolute atomic E-state index is 13.9. The molecule has 4 unspecified atom stereocenters. The van der Waals surface area contributed by atoms with E-state index in [1.165, 1.54) is 25.7 Å². The molecule has 0 radical (unpaired) electrons. The third kappa shape index (κ3) is 4.40. The van der Waals surface area contributed by atoms with Gasteiger partial charge >= 0.3 is 0 Å². The van der Waals surface area contributed by atoms with Crippen LogP contribution in [0.15, 0.2) is 0 Å². The van der Waals surface area contributed by atoms with Crippen molar-refractivity contribution in [3.8, 4) is 0 Å². The van der Waals surface area contributed by atoms with Gasteiger partial charge < -0.3 is 5.32 Å². The number of alkyl halides is 2. The first-order valence-corrected chi connectivity index (χ1v) is 8.01. The Morgan fingerprint density at radius 1 is 1.21 bits per heavy atom. The molecule has 4 atom stereocenters. The predicted molar refractivity (Wildman–Crippen MR) is 77.6 cm³/mol. The van der Waals surface area contributed by atoms with Gasteiger partial charge in [-0.15, -0.1) is 0 Å². The van der Waals surface area contributed by atoms with Crippen molar-refractivity contribution in [3.63, 3.8) is 0 Å². The van der Waals surface area contributed by atoms with Crippen LogP contribution in [0.5, 0.6) is 0 Å². The van der Waals surface area contributed by atoms with Crippen molar-refractivity contribution in [2.24, 2.45) is 17.8 Å². The quantitative estimate of drug-likeness (QED) is 0.699. The maximum Gasteiger partial charge on any atom is 0.252 e. The van der Waals surface area contributed by atoms with Gasteiger partial charge in [-0.3, -0.25) is 0 Å². The molecule has 3 heteroatoms. The highest BCUT2D eigenvalue weighted by atomic mass is 19.3. The molecule has 0 aromatic heterocycles. The molecule has 1 aliphatic rings. The number of rotatable bonds is 7. The molecule has 114 valence electrons. The van der Waals surface area contributed by atoms with Crippen molar-refractivity contribution in [3.05, 3.63) is 0 Å². The third-order valence-corrected chi connectivity index (χ3v) is 4.92. The lowest BCUT2D eigenvalue weighted by molar-refractivity contribution is -0.109. The van der Waals surface area contributed by atoms with Gasteiger partial charge in [0.15, 0.2) is 0 Å². The van der Waals surface area contributed by atoms with Crippen molar-refractivity contribution in [1.29, 1.82) is 0 Å². The summed E-state index contributed by atoms with van der Waals surface area (Å²) in [5, 5.41) is 3.17. The third-order valence-electron chi connectivity index (χ3n) is 4.92. The summed E-state index contributed by atoms with van der Waals surface area (Å²) >= 11 is 0. The monoisotopic (exact) mass is 275 g/mol. The number of nitrogens with one attached hydrogen (secondary N) is 1. The molecule has 0 aromatic rings. The number of halogens is 2. The smallest absolute Gasteiger partial charge is 0.252 e. The number of hydrogen-bond acceptors (Lipinski definition) is 1. The minimum absolute atomic E-state index is 0.0143. The van der Waals surface area contributed by atoms with E-state index in [2.05, 4.69) is 19.2 Å². The molecule has 0 bridgehead atoms. The van der Waals surface area contributed by atoms with Gasteiger partial charge in [0.25, 0.3) is 5.92 Å². The van der Waals surface area contributed by atoms with E-state index < -0.39 is 11.8 Å². The van der Waals surface area contributed by atoms with Gasteiger partial charge in [0.05, 0.1) is 0 Å². The second kappa shape index (κ2) is 7.56. The Kier molecular flexibility index (Phi) is 6.72. The van der Waals surface area contributed by atoms with Gasteiger partial charge in [0.2, 0.25) is 0 Å². The van der Waals surface area contributed by atoms with E-state index in [4.69, 9.17) is 0 Å². The molecule has 0 amide bonds. The first-order valence-electron chi connectivity index (χ1n) is 8.01. The van der Waals surface area contributed by atoms with Gasteiger partial charge in [-0.1, -0.05) is 52.9 Å². The van der Waals surface area contributed by atoms with Crippen LogP contribution in [0.2, 0.25) is 0 Å². The average molecular weight is 275 g/mol. The summed E-state index contributed by atoms with van der Waals surface area (Å²) in [6, 6.07) is -0.0143. The van der Waals surface area contributed by atoms with Crippen LogP contribution in [0.25, 0.3) is 0 Å². The molecule has 1 rings (SSSR count). The highest BCUT2D eigenvalue weighted by molar-refractivity contribution is 4.94. The molecular weight excluding hydrogens is 244 g/mol. The summed E-state index contributed by atoms with van der Waals surface area (Å²) in [5.74, 6) is -1.93. The molecule has 1 fully saturated rings. The van der Waals surface area contributed by atoms with Gasteiger partial charge in [-0.2, -0.15) is 0 Å². The first kappa shape index (κ1) is 16.9. The fraction of sp³-hybridized carbons (Fsp3) is 1.00. The molecule has 0 spiro atoms. The van der Waals surface area contributed by atoms with Crippen LogP contribution in [-0.2, 0) is 0 Å². The Morgan fingerprint density at radius 2 is 1.89 bits per heavy atom. The summed E-state index contributed by atoms with van der Waals surface area (Å²) in [5.41, 5.74) is 0. The zero-order valence-corrected chi connectivity index (χ0v) is 13.0. The molecule has 1 aliphatic carbocycles. The fourth-order valence-electron chi connectivity index (χ4n) is 3.64. The van der Waals surface area contributed by atoms with E-state index in [0.717, 1.165) is 6.42 Å². The normalized spacial score (nSPS) is 32.2. The lowest BCUT2D eigenvalue weighted by atomic mass is 9.68. The van der Waals surface area contributed by atoms with E-state index in [9.17, 15) is 8.78 Å². The highest BCUT2D eigenvalue weighted by Crippen LogP contribution is 2.45. The zero-order chi connectivity index (χ0) is 14.5. The zero-order valence-electron chi connectivity index (χ0n) is 13.0. The van der Waals surface area contributed by atoms with E-state index in [0.29, 0.717) is 18.3 Å². The first-order chi connectivity index (χ1) is 8.96. The van der Waals surface area contributed by atoms with Crippen LogP contribution in [0.3, 0.4) is 0 Å². The van der Waals surface area contributed by atoms with E-state index in [-0.39, 0.29) is 12.5 Å². The van der Waals surface area contributed by atoms with E-state index in [1.54, 1.807) is 6.92 Å². The second-order valence-corrected chi connectivity index (χ2v) is 6.35. The predicted octanol–water partition coefficient (Wildman–Crippen LogP) is 4.86. The second-order valence-electron chi connectivity index (χ2n) is 6.35. The molecule has 1 nitrogen and oxygen atoms in total. The van der Waals surface area contributed by atoms with E-state index in [1.807, 2.05) is 7.05 Å². The Hall–Kier alpha value is -0.180. The molecule has 0 saturated heterocycles. The van der Waals surface area contributed by atoms with Crippen molar-refractivity contribution >= 4 is 0 Å². The topological polar surface area (TPSA) is 12.0 Å².